The molecule has 1 aliphatic rings. The van der Waals surface area contributed by atoms with E-state index >= 15 is 0 Å². The summed E-state index contributed by atoms with van der Waals surface area (Å²) in [5, 5.41) is 4.53. The van der Waals surface area contributed by atoms with Crippen molar-refractivity contribution >= 4 is 0 Å². The molecule has 0 amide bonds. The van der Waals surface area contributed by atoms with Crippen molar-refractivity contribution in [2.75, 3.05) is 0 Å². The lowest BCUT2D eigenvalue weighted by Gasteiger charge is -2.33. The molecular weight excluding hydrogens is 236 g/mol. The Labute approximate surface area is 116 Å². The van der Waals surface area contributed by atoms with E-state index in [0.29, 0.717) is 17.4 Å². The molecule has 1 aliphatic carbocycles. The van der Waals surface area contributed by atoms with Gasteiger partial charge in [0.1, 0.15) is 0 Å². The van der Waals surface area contributed by atoms with Gasteiger partial charge in [-0.15, -0.1) is 0 Å². The molecular formula is C15H28N4. The summed E-state index contributed by atoms with van der Waals surface area (Å²) in [5.41, 5.74) is 5.85. The summed E-state index contributed by atoms with van der Waals surface area (Å²) < 4.78 is 2.10. The normalized spacial score (nSPS) is 23.7. The Bertz CT molecular complexity index is 422. The Kier molecular flexibility index (Phi) is 4.31. The number of hydrazine groups is 1. The SMILES string of the molecule is CCn1nc(C)cc1CC(NN)C1CCCC1(C)C. The van der Waals surface area contributed by atoms with Crippen LogP contribution in [0.3, 0.4) is 0 Å². The van der Waals surface area contributed by atoms with Crippen molar-refractivity contribution in [1.82, 2.24) is 15.2 Å². The number of nitrogens with two attached hydrogens (primary N) is 1. The van der Waals surface area contributed by atoms with Crippen molar-refractivity contribution in [2.45, 2.75) is 66.0 Å². The maximum Gasteiger partial charge on any atom is 0.0596 e. The molecule has 0 spiro atoms. The molecule has 108 valence electrons. The number of nitrogens with zero attached hydrogens (tertiary/aromatic N) is 2. The fourth-order valence-electron chi connectivity index (χ4n) is 3.68. The number of aryl methyl sites for hydroxylation is 2. The Morgan fingerprint density at radius 1 is 1.58 bits per heavy atom. The van der Waals surface area contributed by atoms with Crippen molar-refractivity contribution < 1.29 is 0 Å². The zero-order valence-corrected chi connectivity index (χ0v) is 12.7. The van der Waals surface area contributed by atoms with Crippen LogP contribution in [0.15, 0.2) is 6.07 Å². The summed E-state index contributed by atoms with van der Waals surface area (Å²) in [4.78, 5) is 0. The first-order chi connectivity index (χ1) is 8.97. The van der Waals surface area contributed by atoms with Crippen molar-refractivity contribution in [1.29, 1.82) is 0 Å². The molecule has 1 aromatic heterocycles. The van der Waals surface area contributed by atoms with E-state index in [2.05, 4.69) is 49.0 Å². The number of hydrogen-bond donors (Lipinski definition) is 2. The summed E-state index contributed by atoms with van der Waals surface area (Å²) in [6.45, 7) is 9.86. The fourth-order valence-corrected chi connectivity index (χ4v) is 3.68. The van der Waals surface area contributed by atoms with Gasteiger partial charge in [-0.3, -0.25) is 16.0 Å². The molecule has 3 N–H and O–H groups in total. The highest BCUT2D eigenvalue weighted by Gasteiger charge is 2.39. The molecule has 4 nitrogen and oxygen atoms in total. The van der Waals surface area contributed by atoms with Crippen LogP contribution < -0.4 is 11.3 Å². The van der Waals surface area contributed by atoms with Gasteiger partial charge < -0.3 is 0 Å². The topological polar surface area (TPSA) is 55.9 Å². The van der Waals surface area contributed by atoms with Gasteiger partial charge in [-0.2, -0.15) is 5.10 Å². The zero-order valence-electron chi connectivity index (χ0n) is 12.7. The molecule has 0 aliphatic heterocycles. The highest BCUT2D eigenvalue weighted by Crippen LogP contribution is 2.44. The van der Waals surface area contributed by atoms with Gasteiger partial charge in [0, 0.05) is 24.7 Å². The zero-order chi connectivity index (χ0) is 14.0. The van der Waals surface area contributed by atoms with E-state index in [1.54, 1.807) is 0 Å². The Balaban J connectivity index is 2.14. The number of aromatic nitrogens is 2. The number of hydrogen-bond acceptors (Lipinski definition) is 3. The van der Waals surface area contributed by atoms with E-state index in [1.165, 1.54) is 25.0 Å². The Morgan fingerprint density at radius 3 is 2.84 bits per heavy atom. The molecule has 1 heterocycles. The first-order valence-corrected chi connectivity index (χ1v) is 7.47. The van der Waals surface area contributed by atoms with Crippen LogP contribution in [0.2, 0.25) is 0 Å². The lowest BCUT2D eigenvalue weighted by molar-refractivity contribution is 0.194. The van der Waals surface area contributed by atoms with Gasteiger partial charge in [-0.1, -0.05) is 20.3 Å². The predicted molar refractivity (Wildman–Crippen MR) is 78.6 cm³/mol. The molecule has 1 aromatic rings. The summed E-state index contributed by atoms with van der Waals surface area (Å²) >= 11 is 0. The maximum atomic E-state index is 5.84. The second-order valence-corrected chi connectivity index (χ2v) is 6.56. The first-order valence-electron chi connectivity index (χ1n) is 7.47. The molecule has 0 aromatic carbocycles. The summed E-state index contributed by atoms with van der Waals surface area (Å²) in [6, 6.07) is 2.54. The van der Waals surface area contributed by atoms with Crippen LogP contribution in [0.5, 0.6) is 0 Å². The van der Waals surface area contributed by atoms with E-state index < -0.39 is 0 Å². The minimum atomic E-state index is 0.346. The number of rotatable bonds is 5. The third-order valence-corrected chi connectivity index (χ3v) is 4.75. The fraction of sp³-hybridized carbons (Fsp3) is 0.800. The smallest absolute Gasteiger partial charge is 0.0596 e. The predicted octanol–water partition coefficient (Wildman–Crippen LogP) is 2.41. The summed E-state index contributed by atoms with van der Waals surface area (Å²) in [7, 11) is 0. The highest BCUT2D eigenvalue weighted by atomic mass is 15.3. The highest BCUT2D eigenvalue weighted by molar-refractivity contribution is 5.11. The van der Waals surface area contributed by atoms with Gasteiger partial charge in [0.05, 0.1) is 5.69 Å². The first kappa shape index (κ1) is 14.5. The largest absolute Gasteiger partial charge is 0.271 e. The minimum absolute atomic E-state index is 0.346. The molecule has 19 heavy (non-hydrogen) atoms. The molecule has 1 saturated carbocycles. The molecule has 2 atom stereocenters. The molecule has 2 rings (SSSR count). The van der Waals surface area contributed by atoms with Gasteiger partial charge in [-0.05, 0) is 44.1 Å². The van der Waals surface area contributed by atoms with Crippen LogP contribution in [0.1, 0.15) is 51.4 Å². The van der Waals surface area contributed by atoms with E-state index in [4.69, 9.17) is 5.84 Å². The van der Waals surface area contributed by atoms with E-state index in [9.17, 15) is 0 Å². The van der Waals surface area contributed by atoms with E-state index in [1.807, 2.05) is 0 Å². The van der Waals surface area contributed by atoms with Crippen molar-refractivity contribution in [3.8, 4) is 0 Å². The van der Waals surface area contributed by atoms with Crippen molar-refractivity contribution in [2.24, 2.45) is 17.2 Å². The standard InChI is InChI=1S/C15H28N4/c1-5-19-12(9-11(2)18-19)10-14(17-16)13-7-6-8-15(13,3)4/h9,13-14,17H,5-8,10,16H2,1-4H3. The van der Waals surface area contributed by atoms with Crippen LogP contribution in [0.4, 0.5) is 0 Å². The molecule has 2 unspecified atom stereocenters. The van der Waals surface area contributed by atoms with Gasteiger partial charge in [0.25, 0.3) is 0 Å². The van der Waals surface area contributed by atoms with E-state index in [0.717, 1.165) is 18.7 Å². The molecule has 0 saturated heterocycles. The minimum Gasteiger partial charge on any atom is -0.271 e. The lowest BCUT2D eigenvalue weighted by atomic mass is 9.76. The van der Waals surface area contributed by atoms with Crippen molar-refractivity contribution in [3.05, 3.63) is 17.5 Å². The Morgan fingerprint density at radius 2 is 2.32 bits per heavy atom. The lowest BCUT2D eigenvalue weighted by Crippen LogP contribution is -2.46. The molecule has 0 radical (unpaired) electrons. The quantitative estimate of drug-likeness (QED) is 0.634. The molecule has 0 bridgehead atoms. The van der Waals surface area contributed by atoms with Crippen LogP contribution in [-0.4, -0.2) is 15.8 Å². The van der Waals surface area contributed by atoms with Gasteiger partial charge in [0.15, 0.2) is 0 Å². The second-order valence-electron chi connectivity index (χ2n) is 6.56. The van der Waals surface area contributed by atoms with Gasteiger partial charge in [-0.25, -0.2) is 0 Å². The van der Waals surface area contributed by atoms with Gasteiger partial charge in [0.2, 0.25) is 0 Å². The third kappa shape index (κ3) is 3.00. The van der Waals surface area contributed by atoms with Gasteiger partial charge >= 0.3 is 0 Å². The van der Waals surface area contributed by atoms with Crippen LogP contribution in [0, 0.1) is 18.3 Å². The Hall–Kier alpha value is -0.870. The number of nitrogens with one attached hydrogen (secondary N) is 1. The van der Waals surface area contributed by atoms with Crippen LogP contribution in [-0.2, 0) is 13.0 Å². The van der Waals surface area contributed by atoms with Crippen molar-refractivity contribution in [3.63, 3.8) is 0 Å². The summed E-state index contributed by atoms with van der Waals surface area (Å²) in [6.07, 6.45) is 4.88. The van der Waals surface area contributed by atoms with Crippen LogP contribution >= 0.6 is 0 Å². The third-order valence-electron chi connectivity index (χ3n) is 4.75. The monoisotopic (exact) mass is 264 g/mol. The summed E-state index contributed by atoms with van der Waals surface area (Å²) in [5.74, 6) is 6.49. The molecule has 4 heteroatoms. The van der Waals surface area contributed by atoms with Crippen LogP contribution in [0.25, 0.3) is 0 Å². The average molecular weight is 264 g/mol. The second kappa shape index (κ2) is 5.63. The molecule has 1 fully saturated rings. The maximum absolute atomic E-state index is 5.84. The average Bonchev–Trinajstić information content (AvgIpc) is 2.88. The van der Waals surface area contributed by atoms with E-state index in [-0.39, 0.29) is 0 Å².